The van der Waals surface area contributed by atoms with Crippen LogP contribution in [0.25, 0.3) is 0 Å². The lowest BCUT2D eigenvalue weighted by Gasteiger charge is -2.17. The molecule has 28 heavy (non-hydrogen) atoms. The van der Waals surface area contributed by atoms with Crippen molar-refractivity contribution in [3.05, 3.63) is 89.5 Å². The van der Waals surface area contributed by atoms with Gasteiger partial charge in [-0.05, 0) is 49.2 Å². The summed E-state index contributed by atoms with van der Waals surface area (Å²) in [4.78, 5) is 13.6. The van der Waals surface area contributed by atoms with E-state index in [-0.39, 0.29) is 5.91 Å². The molecule has 1 atom stereocenters. The van der Waals surface area contributed by atoms with Crippen molar-refractivity contribution < 1.29 is 14.4 Å². The highest BCUT2D eigenvalue weighted by Crippen LogP contribution is 2.24. The maximum Gasteiger partial charge on any atom is 0.279 e. The summed E-state index contributed by atoms with van der Waals surface area (Å²) in [6, 6.07) is 23.7. The summed E-state index contributed by atoms with van der Waals surface area (Å²) in [5, 5.41) is 3.06. The van der Waals surface area contributed by atoms with Crippen LogP contribution in [0.15, 0.2) is 72.8 Å². The van der Waals surface area contributed by atoms with E-state index in [4.69, 9.17) is 4.74 Å². The van der Waals surface area contributed by atoms with E-state index in [0.29, 0.717) is 13.1 Å². The minimum absolute atomic E-state index is 0.0105. The number of carbonyl (C=O) groups excluding carboxylic acids is 1. The van der Waals surface area contributed by atoms with Crippen molar-refractivity contribution in [1.29, 1.82) is 0 Å². The Morgan fingerprint density at radius 3 is 2.25 bits per heavy atom. The van der Waals surface area contributed by atoms with Gasteiger partial charge in [-0.2, -0.15) is 0 Å². The first-order chi connectivity index (χ1) is 13.5. The summed E-state index contributed by atoms with van der Waals surface area (Å²) in [5.74, 6) is 1.64. The predicted molar refractivity (Wildman–Crippen MR) is 113 cm³/mol. The maximum atomic E-state index is 12.5. The Morgan fingerprint density at radius 1 is 0.893 bits per heavy atom. The van der Waals surface area contributed by atoms with E-state index in [9.17, 15) is 4.79 Å². The molecule has 3 aromatic carbocycles. The molecule has 0 radical (unpaired) electrons. The molecule has 4 nitrogen and oxygen atoms in total. The van der Waals surface area contributed by atoms with Gasteiger partial charge < -0.3 is 15.0 Å². The van der Waals surface area contributed by atoms with Crippen molar-refractivity contribution in [2.45, 2.75) is 20.4 Å². The first-order valence-corrected chi connectivity index (χ1v) is 9.51. The first kappa shape index (κ1) is 19.6. The summed E-state index contributed by atoms with van der Waals surface area (Å²) in [6.45, 7) is 5.10. The van der Waals surface area contributed by atoms with Gasteiger partial charge in [-0.25, -0.2) is 0 Å². The average molecular weight is 375 g/mol. The molecule has 0 spiro atoms. The molecule has 0 aromatic heterocycles. The molecule has 0 aliphatic carbocycles. The second kappa shape index (κ2) is 9.20. The molecule has 1 amide bonds. The van der Waals surface area contributed by atoms with Crippen LogP contribution in [0.3, 0.4) is 0 Å². The standard InChI is InChI=1S/C24H26N2O2/c1-18-10-9-11-19(2)24(18)25-23(27)17-26(3)16-20-12-7-8-15-22(20)28-21-13-5-4-6-14-21/h4-15H,16-17H2,1-3H3,(H,25,27)/p+1. The van der Waals surface area contributed by atoms with Crippen LogP contribution in [-0.4, -0.2) is 19.5 Å². The number of benzene rings is 3. The second-order valence-electron chi connectivity index (χ2n) is 7.15. The lowest BCUT2D eigenvalue weighted by Crippen LogP contribution is -3.08. The number of amides is 1. The Bertz CT molecular complexity index is 918. The van der Waals surface area contributed by atoms with Gasteiger partial charge >= 0.3 is 0 Å². The van der Waals surface area contributed by atoms with Gasteiger partial charge in [0.2, 0.25) is 0 Å². The molecule has 0 fully saturated rings. The van der Waals surface area contributed by atoms with Gasteiger partial charge in [0.05, 0.1) is 7.05 Å². The van der Waals surface area contributed by atoms with Crippen LogP contribution in [-0.2, 0) is 11.3 Å². The number of aryl methyl sites for hydroxylation is 2. The molecular weight excluding hydrogens is 348 g/mol. The topological polar surface area (TPSA) is 42.8 Å². The van der Waals surface area contributed by atoms with Crippen molar-refractivity contribution in [3.8, 4) is 11.5 Å². The highest BCUT2D eigenvalue weighted by atomic mass is 16.5. The van der Waals surface area contributed by atoms with Crippen LogP contribution in [0.4, 0.5) is 5.69 Å². The highest BCUT2D eigenvalue weighted by Gasteiger charge is 2.15. The van der Waals surface area contributed by atoms with Crippen LogP contribution in [0.5, 0.6) is 11.5 Å². The molecule has 0 aliphatic heterocycles. The number of rotatable bonds is 7. The molecule has 4 heteroatoms. The van der Waals surface area contributed by atoms with E-state index in [1.54, 1.807) is 0 Å². The molecule has 1 unspecified atom stereocenters. The van der Waals surface area contributed by atoms with Gasteiger partial charge in [-0.3, -0.25) is 4.79 Å². The van der Waals surface area contributed by atoms with E-state index in [1.807, 2.05) is 93.7 Å². The zero-order valence-corrected chi connectivity index (χ0v) is 16.7. The molecular formula is C24H27N2O2+. The fourth-order valence-electron chi connectivity index (χ4n) is 3.22. The van der Waals surface area contributed by atoms with Crippen LogP contribution in [0.1, 0.15) is 16.7 Å². The molecule has 0 aliphatic rings. The second-order valence-corrected chi connectivity index (χ2v) is 7.15. The quantitative estimate of drug-likeness (QED) is 0.660. The lowest BCUT2D eigenvalue weighted by atomic mass is 10.1. The highest BCUT2D eigenvalue weighted by molar-refractivity contribution is 5.93. The molecule has 3 aromatic rings. The van der Waals surface area contributed by atoms with Gasteiger partial charge in [0, 0.05) is 11.3 Å². The Kier molecular flexibility index (Phi) is 6.45. The largest absolute Gasteiger partial charge is 0.457 e. The minimum Gasteiger partial charge on any atom is -0.457 e. The lowest BCUT2D eigenvalue weighted by molar-refractivity contribution is -0.885. The third kappa shape index (κ3) is 5.21. The number of likely N-dealkylation sites (N-methyl/N-ethyl adjacent to an activating group) is 1. The average Bonchev–Trinajstić information content (AvgIpc) is 2.67. The Hall–Kier alpha value is -3.11. The van der Waals surface area contributed by atoms with Gasteiger partial charge in [0.25, 0.3) is 5.91 Å². The van der Waals surface area contributed by atoms with Gasteiger partial charge in [-0.1, -0.05) is 48.5 Å². The number of para-hydroxylation sites is 3. The number of hydrogen-bond acceptors (Lipinski definition) is 2. The van der Waals surface area contributed by atoms with Crippen LogP contribution in [0.2, 0.25) is 0 Å². The third-order valence-corrected chi connectivity index (χ3v) is 4.64. The van der Waals surface area contributed by atoms with Gasteiger partial charge in [0.15, 0.2) is 6.54 Å². The Labute approximate surface area is 166 Å². The Balaban J connectivity index is 1.63. The van der Waals surface area contributed by atoms with Crippen molar-refractivity contribution in [3.63, 3.8) is 0 Å². The molecule has 0 saturated carbocycles. The van der Waals surface area contributed by atoms with Gasteiger partial charge in [-0.15, -0.1) is 0 Å². The van der Waals surface area contributed by atoms with Crippen molar-refractivity contribution in [2.75, 3.05) is 18.9 Å². The van der Waals surface area contributed by atoms with E-state index in [0.717, 1.165) is 38.8 Å². The SMILES string of the molecule is Cc1cccc(C)c1NC(=O)C[NH+](C)Cc1ccccc1Oc1ccccc1. The van der Waals surface area contributed by atoms with Crippen LogP contribution in [0, 0.1) is 13.8 Å². The first-order valence-electron chi connectivity index (χ1n) is 9.51. The van der Waals surface area contributed by atoms with E-state index in [1.165, 1.54) is 0 Å². The fourth-order valence-corrected chi connectivity index (χ4v) is 3.22. The fraction of sp³-hybridized carbons (Fsp3) is 0.208. The van der Waals surface area contributed by atoms with Crippen LogP contribution >= 0.6 is 0 Å². The maximum absolute atomic E-state index is 12.5. The summed E-state index contributed by atoms with van der Waals surface area (Å²) in [5.41, 5.74) is 4.14. The minimum atomic E-state index is 0.0105. The smallest absolute Gasteiger partial charge is 0.279 e. The normalized spacial score (nSPS) is 11.7. The third-order valence-electron chi connectivity index (χ3n) is 4.64. The van der Waals surface area contributed by atoms with Crippen LogP contribution < -0.4 is 15.0 Å². The van der Waals surface area contributed by atoms with E-state index >= 15 is 0 Å². The summed E-state index contributed by atoms with van der Waals surface area (Å²) in [7, 11) is 2.02. The van der Waals surface area contributed by atoms with E-state index < -0.39 is 0 Å². The number of quaternary nitrogens is 1. The molecule has 2 N–H and O–H groups in total. The van der Waals surface area contributed by atoms with Gasteiger partial charge in [0.1, 0.15) is 18.0 Å². The predicted octanol–water partition coefficient (Wildman–Crippen LogP) is 3.75. The summed E-state index contributed by atoms with van der Waals surface area (Å²) in [6.07, 6.45) is 0. The number of nitrogens with one attached hydrogen (secondary N) is 2. The Morgan fingerprint density at radius 2 is 1.54 bits per heavy atom. The molecule has 0 saturated heterocycles. The number of hydrogen-bond donors (Lipinski definition) is 2. The van der Waals surface area contributed by atoms with Crippen molar-refractivity contribution in [2.24, 2.45) is 0 Å². The molecule has 0 heterocycles. The molecule has 0 bridgehead atoms. The van der Waals surface area contributed by atoms with Crippen molar-refractivity contribution >= 4 is 11.6 Å². The number of anilines is 1. The summed E-state index contributed by atoms with van der Waals surface area (Å²) >= 11 is 0. The number of ether oxygens (including phenoxy) is 1. The molecule has 144 valence electrons. The van der Waals surface area contributed by atoms with Crippen molar-refractivity contribution in [1.82, 2.24) is 0 Å². The summed E-state index contributed by atoms with van der Waals surface area (Å²) < 4.78 is 6.03. The zero-order valence-electron chi connectivity index (χ0n) is 16.7. The monoisotopic (exact) mass is 375 g/mol. The zero-order chi connectivity index (χ0) is 19.9. The number of carbonyl (C=O) groups is 1. The van der Waals surface area contributed by atoms with E-state index in [2.05, 4.69) is 5.32 Å². The molecule has 3 rings (SSSR count).